The molecule has 0 amide bonds. The monoisotopic (exact) mass is 319 g/mol. The first-order valence-electron chi connectivity index (χ1n) is 6.53. The van der Waals surface area contributed by atoms with E-state index >= 15 is 0 Å². The molecule has 1 rings (SSSR count). The van der Waals surface area contributed by atoms with E-state index in [-0.39, 0.29) is 10.6 Å². The summed E-state index contributed by atoms with van der Waals surface area (Å²) in [5, 5.41) is 0.344. The molecule has 20 heavy (non-hydrogen) atoms. The van der Waals surface area contributed by atoms with Crippen LogP contribution in [0.4, 0.5) is 5.69 Å². The van der Waals surface area contributed by atoms with E-state index in [0.29, 0.717) is 24.2 Å². The lowest BCUT2D eigenvalue weighted by Gasteiger charge is -2.23. The lowest BCUT2D eigenvalue weighted by molar-refractivity contribution is 0.256. The Bertz CT molecular complexity index is 549. The van der Waals surface area contributed by atoms with Crippen molar-refractivity contribution in [2.24, 2.45) is 0 Å². The minimum Gasteiger partial charge on any atom is -0.398 e. The van der Waals surface area contributed by atoms with E-state index in [4.69, 9.17) is 17.3 Å². The standard InChI is InChI=1S/C13H22ClN3O2S/c1-4-10(2)17(3)8-7-16-20(18,19)13-9-11(14)5-6-12(13)15/h5-6,9-10,16H,4,7-8,15H2,1-3H3. The highest BCUT2D eigenvalue weighted by Gasteiger charge is 2.18. The summed E-state index contributed by atoms with van der Waals surface area (Å²) >= 11 is 5.81. The predicted octanol–water partition coefficient (Wildman–Crippen LogP) is 1.93. The van der Waals surface area contributed by atoms with Crippen LogP contribution in [0, 0.1) is 0 Å². The number of hydrogen-bond donors (Lipinski definition) is 2. The fourth-order valence-electron chi connectivity index (χ4n) is 1.71. The van der Waals surface area contributed by atoms with Crippen LogP contribution >= 0.6 is 11.6 Å². The number of nitrogen functional groups attached to an aromatic ring is 1. The average Bonchev–Trinajstić information content (AvgIpc) is 2.40. The molecule has 0 radical (unpaired) electrons. The van der Waals surface area contributed by atoms with Gasteiger partial charge in [0.2, 0.25) is 10.0 Å². The third kappa shape index (κ3) is 4.63. The second-order valence-corrected chi connectivity index (χ2v) is 6.99. The van der Waals surface area contributed by atoms with Crippen LogP contribution in [-0.4, -0.2) is 39.5 Å². The van der Waals surface area contributed by atoms with Gasteiger partial charge in [0.05, 0.1) is 5.69 Å². The minimum atomic E-state index is -3.63. The fraction of sp³-hybridized carbons (Fsp3) is 0.538. The van der Waals surface area contributed by atoms with Crippen molar-refractivity contribution in [2.75, 3.05) is 25.9 Å². The lowest BCUT2D eigenvalue weighted by Crippen LogP contribution is -2.37. The van der Waals surface area contributed by atoms with E-state index in [0.717, 1.165) is 6.42 Å². The Kier molecular flexibility index (Phi) is 6.26. The quantitative estimate of drug-likeness (QED) is 0.753. The molecule has 0 aliphatic heterocycles. The Morgan fingerprint density at radius 3 is 2.70 bits per heavy atom. The van der Waals surface area contributed by atoms with E-state index in [1.54, 1.807) is 6.07 Å². The van der Waals surface area contributed by atoms with Gasteiger partial charge in [0.25, 0.3) is 0 Å². The van der Waals surface area contributed by atoms with E-state index < -0.39 is 10.0 Å². The molecule has 1 aromatic rings. The topological polar surface area (TPSA) is 75.4 Å². The number of sulfonamides is 1. The van der Waals surface area contributed by atoms with Crippen LogP contribution in [0.1, 0.15) is 20.3 Å². The van der Waals surface area contributed by atoms with Crippen molar-refractivity contribution in [3.05, 3.63) is 23.2 Å². The van der Waals surface area contributed by atoms with Crippen molar-refractivity contribution in [3.8, 4) is 0 Å². The number of halogens is 1. The number of nitrogens with two attached hydrogens (primary N) is 1. The van der Waals surface area contributed by atoms with Gasteiger partial charge in [-0.25, -0.2) is 13.1 Å². The van der Waals surface area contributed by atoms with Gasteiger partial charge in [-0.1, -0.05) is 18.5 Å². The first kappa shape index (κ1) is 17.2. The van der Waals surface area contributed by atoms with E-state index in [9.17, 15) is 8.42 Å². The molecule has 3 N–H and O–H groups in total. The molecule has 0 spiro atoms. The van der Waals surface area contributed by atoms with Gasteiger partial charge in [0, 0.05) is 24.2 Å². The smallest absolute Gasteiger partial charge is 0.242 e. The summed E-state index contributed by atoms with van der Waals surface area (Å²) < 4.78 is 26.9. The molecule has 0 heterocycles. The summed E-state index contributed by atoms with van der Waals surface area (Å²) in [6, 6.07) is 4.82. The van der Waals surface area contributed by atoms with Crippen molar-refractivity contribution in [3.63, 3.8) is 0 Å². The number of anilines is 1. The molecule has 0 saturated heterocycles. The van der Waals surface area contributed by atoms with Crippen molar-refractivity contribution < 1.29 is 8.42 Å². The van der Waals surface area contributed by atoms with Gasteiger partial charge in [0.1, 0.15) is 4.90 Å². The molecule has 0 bridgehead atoms. The second kappa shape index (κ2) is 7.26. The summed E-state index contributed by atoms with van der Waals surface area (Å²) in [6.07, 6.45) is 1.02. The van der Waals surface area contributed by atoms with Gasteiger partial charge in [0.15, 0.2) is 0 Å². The minimum absolute atomic E-state index is 0.0243. The SMILES string of the molecule is CCC(C)N(C)CCNS(=O)(=O)c1cc(Cl)ccc1N. The van der Waals surface area contributed by atoms with E-state index in [1.807, 2.05) is 7.05 Å². The summed E-state index contributed by atoms with van der Waals surface area (Å²) in [5.74, 6) is 0. The third-order valence-corrected chi connectivity index (χ3v) is 5.12. The van der Waals surface area contributed by atoms with Crippen LogP contribution in [-0.2, 0) is 10.0 Å². The number of benzene rings is 1. The highest BCUT2D eigenvalue weighted by Crippen LogP contribution is 2.22. The molecule has 7 heteroatoms. The maximum Gasteiger partial charge on any atom is 0.242 e. The zero-order valence-electron chi connectivity index (χ0n) is 12.1. The first-order chi connectivity index (χ1) is 9.27. The maximum atomic E-state index is 12.2. The molecule has 114 valence electrons. The lowest BCUT2D eigenvalue weighted by atomic mass is 10.2. The average molecular weight is 320 g/mol. The van der Waals surface area contributed by atoms with Gasteiger partial charge in [-0.3, -0.25) is 0 Å². The molecule has 1 unspecified atom stereocenters. The molecular weight excluding hydrogens is 298 g/mol. The van der Waals surface area contributed by atoms with Crippen molar-refractivity contribution in [1.82, 2.24) is 9.62 Å². The van der Waals surface area contributed by atoms with Gasteiger partial charge < -0.3 is 10.6 Å². The Morgan fingerprint density at radius 2 is 2.10 bits per heavy atom. The van der Waals surface area contributed by atoms with Crippen LogP contribution in [0.15, 0.2) is 23.1 Å². The molecule has 0 saturated carbocycles. The van der Waals surface area contributed by atoms with Crippen LogP contribution in [0.2, 0.25) is 5.02 Å². The molecular formula is C13H22ClN3O2S. The van der Waals surface area contributed by atoms with Crippen molar-refractivity contribution >= 4 is 27.3 Å². The first-order valence-corrected chi connectivity index (χ1v) is 8.39. The highest BCUT2D eigenvalue weighted by molar-refractivity contribution is 7.89. The Morgan fingerprint density at radius 1 is 1.45 bits per heavy atom. The number of hydrogen-bond acceptors (Lipinski definition) is 4. The summed E-state index contributed by atoms with van der Waals surface area (Å²) in [7, 11) is -1.66. The molecule has 0 aliphatic rings. The number of nitrogens with zero attached hydrogens (tertiary/aromatic N) is 1. The molecule has 0 aromatic heterocycles. The van der Waals surface area contributed by atoms with E-state index in [2.05, 4.69) is 23.5 Å². The highest BCUT2D eigenvalue weighted by atomic mass is 35.5. The van der Waals surface area contributed by atoms with E-state index in [1.165, 1.54) is 12.1 Å². The summed E-state index contributed by atoms with van der Waals surface area (Å²) in [6.45, 7) is 5.16. The van der Waals surface area contributed by atoms with Gasteiger partial charge in [-0.2, -0.15) is 0 Å². The Hall–Kier alpha value is -0.820. The normalized spacial score (nSPS) is 13.7. The molecule has 0 fully saturated rings. The van der Waals surface area contributed by atoms with Crippen molar-refractivity contribution in [1.29, 1.82) is 0 Å². The molecule has 5 nitrogen and oxygen atoms in total. The molecule has 1 aromatic carbocycles. The summed E-state index contributed by atoms with van der Waals surface area (Å²) in [5.41, 5.74) is 5.88. The third-order valence-electron chi connectivity index (χ3n) is 3.36. The van der Waals surface area contributed by atoms with Gasteiger partial charge in [-0.15, -0.1) is 0 Å². The zero-order valence-corrected chi connectivity index (χ0v) is 13.6. The molecule has 0 aliphatic carbocycles. The number of rotatable bonds is 7. The van der Waals surface area contributed by atoms with Gasteiger partial charge >= 0.3 is 0 Å². The van der Waals surface area contributed by atoms with Crippen LogP contribution in [0.3, 0.4) is 0 Å². The largest absolute Gasteiger partial charge is 0.398 e. The predicted molar refractivity (Wildman–Crippen MR) is 83.4 cm³/mol. The van der Waals surface area contributed by atoms with Crippen LogP contribution in [0.5, 0.6) is 0 Å². The Labute approximate surface area is 126 Å². The van der Waals surface area contributed by atoms with Crippen LogP contribution < -0.4 is 10.5 Å². The maximum absolute atomic E-state index is 12.2. The fourth-order valence-corrected chi connectivity index (χ4v) is 3.12. The number of likely N-dealkylation sites (N-methyl/N-ethyl adjacent to an activating group) is 1. The van der Waals surface area contributed by atoms with Crippen LogP contribution in [0.25, 0.3) is 0 Å². The van der Waals surface area contributed by atoms with Crippen molar-refractivity contribution in [2.45, 2.75) is 31.2 Å². The Balaban J connectivity index is 2.69. The summed E-state index contributed by atoms with van der Waals surface area (Å²) in [4.78, 5) is 2.13. The second-order valence-electron chi connectivity index (χ2n) is 4.82. The molecule has 1 atom stereocenters. The zero-order chi connectivity index (χ0) is 15.3. The van der Waals surface area contributed by atoms with Gasteiger partial charge in [-0.05, 0) is 38.6 Å². The number of nitrogens with one attached hydrogen (secondary N) is 1.